The first kappa shape index (κ1) is 32.8. The average molecular weight is 774 g/mol. The number of aromatic nitrogens is 2. The fourth-order valence-corrected chi connectivity index (χ4v) is 5.74. The summed E-state index contributed by atoms with van der Waals surface area (Å²) < 4.78 is 6.55. The van der Waals surface area contributed by atoms with Gasteiger partial charge in [-0.15, -0.1) is 35.2 Å². The van der Waals surface area contributed by atoms with Gasteiger partial charge in [-0.25, -0.2) is 0 Å². The molecule has 0 N–H and O–H groups in total. The molecule has 45 heavy (non-hydrogen) atoms. The van der Waals surface area contributed by atoms with Gasteiger partial charge in [0.15, 0.2) is 0 Å². The summed E-state index contributed by atoms with van der Waals surface area (Å²) in [6.07, 6.45) is 4.66. The van der Waals surface area contributed by atoms with Crippen LogP contribution in [0.25, 0.3) is 55.4 Å². The van der Waals surface area contributed by atoms with Crippen molar-refractivity contribution in [2.45, 2.75) is 79.6 Å². The number of benzene rings is 3. The molecule has 3 aromatic heterocycles. The van der Waals surface area contributed by atoms with Crippen molar-refractivity contribution < 1.29 is 25.5 Å². The van der Waals surface area contributed by atoms with Crippen molar-refractivity contribution in [1.82, 2.24) is 9.97 Å². The Hall–Kier alpha value is -3.55. The second-order valence-corrected chi connectivity index (χ2v) is 15.3. The van der Waals surface area contributed by atoms with E-state index < -0.39 is 0 Å². The van der Waals surface area contributed by atoms with E-state index in [2.05, 4.69) is 141 Å². The van der Waals surface area contributed by atoms with Crippen molar-refractivity contribution in [3.63, 3.8) is 0 Å². The topological polar surface area (TPSA) is 38.9 Å². The largest absolute Gasteiger partial charge is 2.00 e. The number of hydrogen-bond donors (Lipinski definition) is 0. The smallest absolute Gasteiger partial charge is 0.477 e. The van der Waals surface area contributed by atoms with Gasteiger partial charge in [0.1, 0.15) is 0 Å². The van der Waals surface area contributed by atoms with E-state index in [-0.39, 0.29) is 37.3 Å². The maximum atomic E-state index is 6.55. The summed E-state index contributed by atoms with van der Waals surface area (Å²) in [6, 6.07) is 31.1. The minimum atomic E-state index is 0. The van der Waals surface area contributed by atoms with Crippen LogP contribution in [-0.2, 0) is 38.3 Å². The van der Waals surface area contributed by atoms with Gasteiger partial charge in [0.2, 0.25) is 0 Å². The molecule has 0 aliphatic carbocycles. The van der Waals surface area contributed by atoms with Gasteiger partial charge >= 0.3 is 21.1 Å². The molecular weight excluding hydrogens is 732 g/mol. The van der Waals surface area contributed by atoms with Crippen LogP contribution in [0.4, 0.5) is 0 Å². The Morgan fingerprint density at radius 3 is 1.96 bits per heavy atom. The van der Waals surface area contributed by atoms with E-state index in [4.69, 9.17) is 14.4 Å². The van der Waals surface area contributed by atoms with Crippen LogP contribution in [0, 0.1) is 17.5 Å². The second kappa shape index (κ2) is 12.0. The summed E-state index contributed by atoms with van der Waals surface area (Å²) >= 11 is 0. The Morgan fingerprint density at radius 1 is 0.667 bits per heavy atom. The van der Waals surface area contributed by atoms with Crippen LogP contribution in [0.15, 0.2) is 83.5 Å². The Balaban J connectivity index is 0.00000400. The molecule has 232 valence electrons. The van der Waals surface area contributed by atoms with Crippen LogP contribution in [0.5, 0.6) is 0 Å². The number of rotatable bonds is 4. The summed E-state index contributed by atoms with van der Waals surface area (Å²) in [4.78, 5) is 9.57. The predicted molar refractivity (Wildman–Crippen MR) is 184 cm³/mol. The molecule has 0 spiro atoms. The van der Waals surface area contributed by atoms with Gasteiger partial charge in [-0.1, -0.05) is 121 Å². The third-order valence-corrected chi connectivity index (χ3v) is 8.18. The van der Waals surface area contributed by atoms with Crippen molar-refractivity contribution in [1.29, 1.82) is 0 Å². The first-order chi connectivity index (χ1) is 20.7. The molecule has 0 bridgehead atoms. The van der Waals surface area contributed by atoms with Crippen LogP contribution in [-0.4, -0.2) is 9.97 Å². The molecule has 6 aromatic rings. The fraction of sp³-hybridized carbons (Fsp3) is 0.317. The number of hydrogen-bond acceptors (Lipinski definition) is 3. The quantitative estimate of drug-likeness (QED) is 0.168. The zero-order valence-corrected chi connectivity index (χ0v) is 30.1. The number of furan rings is 1. The molecule has 6 rings (SSSR count). The third kappa shape index (κ3) is 7.00. The van der Waals surface area contributed by atoms with Gasteiger partial charge in [-0.3, -0.25) is 9.97 Å². The van der Waals surface area contributed by atoms with Gasteiger partial charge in [0.05, 0.1) is 11.3 Å². The van der Waals surface area contributed by atoms with Crippen molar-refractivity contribution in [3.05, 3.63) is 108 Å². The van der Waals surface area contributed by atoms with E-state index in [1.807, 2.05) is 12.4 Å². The first-order valence-corrected chi connectivity index (χ1v) is 15.5. The first-order valence-electron chi connectivity index (χ1n) is 15.5. The normalized spacial score (nSPS) is 12.5. The van der Waals surface area contributed by atoms with E-state index in [1.165, 1.54) is 11.1 Å². The van der Waals surface area contributed by atoms with Crippen molar-refractivity contribution >= 4 is 21.7 Å². The van der Waals surface area contributed by atoms with Crippen molar-refractivity contribution in [2.24, 2.45) is 5.41 Å². The summed E-state index contributed by atoms with van der Waals surface area (Å²) in [7, 11) is 0. The molecule has 3 aromatic carbocycles. The molecule has 0 amide bonds. The molecule has 0 radical (unpaired) electrons. The summed E-state index contributed by atoms with van der Waals surface area (Å²) in [6.45, 7) is 20.1. The van der Waals surface area contributed by atoms with Gasteiger partial charge in [-0.05, 0) is 51.0 Å². The molecule has 3 heterocycles. The van der Waals surface area contributed by atoms with Crippen LogP contribution in [0.3, 0.4) is 0 Å². The zero-order chi connectivity index (χ0) is 31.4. The molecule has 0 aliphatic rings. The van der Waals surface area contributed by atoms with E-state index in [0.717, 1.165) is 67.6 Å². The van der Waals surface area contributed by atoms with Crippen LogP contribution < -0.4 is 0 Å². The Labute approximate surface area is 282 Å². The molecule has 0 saturated carbocycles. The molecule has 3 nitrogen and oxygen atoms in total. The van der Waals surface area contributed by atoms with E-state index in [1.54, 1.807) is 0 Å². The minimum absolute atomic E-state index is 0. The van der Waals surface area contributed by atoms with Gasteiger partial charge in [0, 0.05) is 30.2 Å². The predicted octanol–water partition coefficient (Wildman–Crippen LogP) is 11.2. The van der Waals surface area contributed by atoms with Gasteiger partial charge in [0.25, 0.3) is 0 Å². The summed E-state index contributed by atoms with van der Waals surface area (Å²) in [5.74, 6) is 0.975. The van der Waals surface area contributed by atoms with Crippen LogP contribution >= 0.6 is 0 Å². The summed E-state index contributed by atoms with van der Waals surface area (Å²) in [5, 5.41) is 3.20. The summed E-state index contributed by atoms with van der Waals surface area (Å²) in [5.41, 5.74) is 9.26. The average Bonchev–Trinajstić information content (AvgIpc) is 3.36. The molecule has 0 aliphatic heterocycles. The fourth-order valence-electron chi connectivity index (χ4n) is 5.74. The van der Waals surface area contributed by atoms with E-state index in [9.17, 15) is 0 Å². The molecular formula is C41H42N2OPt. The van der Waals surface area contributed by atoms with Crippen LogP contribution in [0.2, 0.25) is 0 Å². The molecule has 0 fully saturated rings. The maximum Gasteiger partial charge on any atom is 2.00 e. The van der Waals surface area contributed by atoms with Crippen molar-refractivity contribution in [3.8, 4) is 33.6 Å². The third-order valence-electron chi connectivity index (χ3n) is 8.18. The van der Waals surface area contributed by atoms with Crippen LogP contribution in [0.1, 0.15) is 79.2 Å². The number of pyridine rings is 2. The molecule has 0 saturated heterocycles. The van der Waals surface area contributed by atoms with Gasteiger partial charge < -0.3 is 4.42 Å². The number of nitrogens with zero attached hydrogens (tertiary/aromatic N) is 2. The maximum absolute atomic E-state index is 6.55. The SMILES string of the molecule is CC(C)(C)Cc1cc2c(-c3cc(C(C)(C)C)ccn3)[c-]c(-c3cccc4ccc(-c5cc(C(C)(C)C)ccn5)[c-]c34)cc2o1.[Pt+2]. The number of fused-ring (bicyclic) bond motifs is 2. The van der Waals surface area contributed by atoms with E-state index >= 15 is 0 Å². The standard InChI is InChI=1S/C41H42N2O.Pt/c1-39(2,3)25-31-24-35-34(37-23-30(16-18-43-37)41(7,8)9)20-28(21-38(35)44-31)32-12-10-11-26-13-14-27(19-33(26)32)36-22-29(15-17-42-36)40(4,5)6;/h10-18,21-24H,25H2,1-9H3;/q-2;+2. The second-order valence-electron chi connectivity index (χ2n) is 15.3. The molecule has 0 unspecified atom stereocenters. The Kier molecular flexibility index (Phi) is 8.75. The Bertz CT molecular complexity index is 2000. The minimum Gasteiger partial charge on any atom is -0.477 e. The molecule has 4 heteroatoms. The van der Waals surface area contributed by atoms with E-state index in [0.29, 0.717) is 0 Å². The molecule has 0 atom stereocenters. The van der Waals surface area contributed by atoms with Gasteiger partial charge in [-0.2, -0.15) is 0 Å². The zero-order valence-electron chi connectivity index (χ0n) is 27.8. The monoisotopic (exact) mass is 773 g/mol. The van der Waals surface area contributed by atoms with Crippen molar-refractivity contribution in [2.75, 3.05) is 0 Å². The Morgan fingerprint density at radius 2 is 1.31 bits per heavy atom.